The Labute approximate surface area is 155 Å². The lowest BCUT2D eigenvalue weighted by Crippen LogP contribution is -2.34. The van der Waals surface area contributed by atoms with E-state index in [9.17, 15) is 4.79 Å². The Kier molecular flexibility index (Phi) is 6.50. The molecule has 0 spiro atoms. The largest absolute Gasteiger partial charge is 0.492 e. The minimum absolute atomic E-state index is 0.385. The molecule has 0 atom stereocenters. The third-order valence-corrected chi connectivity index (χ3v) is 3.61. The summed E-state index contributed by atoms with van der Waals surface area (Å²) in [7, 11) is 4.05. The third-order valence-electron chi connectivity index (χ3n) is 3.61. The first-order valence-corrected chi connectivity index (χ1v) is 8.72. The van der Waals surface area contributed by atoms with Gasteiger partial charge >= 0.3 is 6.09 Å². The fourth-order valence-electron chi connectivity index (χ4n) is 2.33. The molecule has 0 radical (unpaired) electrons. The highest BCUT2D eigenvalue weighted by Gasteiger charge is 2.15. The van der Waals surface area contributed by atoms with Crippen molar-refractivity contribution >= 4 is 11.8 Å². The number of nitrogens with zero attached hydrogens (tertiary/aromatic N) is 1. The summed E-state index contributed by atoms with van der Waals surface area (Å²) >= 11 is 0. The van der Waals surface area contributed by atoms with Gasteiger partial charge < -0.3 is 19.7 Å². The van der Waals surface area contributed by atoms with E-state index in [-0.39, 0.29) is 0 Å². The number of amides is 1. The normalized spacial score (nSPS) is 11.0. The summed E-state index contributed by atoms with van der Waals surface area (Å²) in [6.07, 6.45) is -0.433. The molecule has 5 heteroatoms. The topological polar surface area (TPSA) is 50.8 Å². The highest BCUT2D eigenvalue weighted by molar-refractivity contribution is 5.68. The van der Waals surface area contributed by atoms with Crippen molar-refractivity contribution in [1.29, 1.82) is 0 Å². The zero-order valence-corrected chi connectivity index (χ0v) is 16.2. The maximum Gasteiger partial charge on any atom is 0.407 e. The Balaban J connectivity index is 1.81. The van der Waals surface area contributed by atoms with Crippen molar-refractivity contribution in [1.82, 2.24) is 5.32 Å². The Morgan fingerprint density at radius 1 is 0.962 bits per heavy atom. The lowest BCUT2D eigenvalue weighted by Gasteiger charge is -2.19. The second-order valence-electron chi connectivity index (χ2n) is 7.24. The molecular formula is C21H28N2O3. The van der Waals surface area contributed by atoms with Crippen LogP contribution in [0.3, 0.4) is 0 Å². The molecule has 140 valence electrons. The Bertz CT molecular complexity index is 702. The van der Waals surface area contributed by atoms with E-state index < -0.39 is 11.7 Å². The quantitative estimate of drug-likeness (QED) is 0.783. The summed E-state index contributed by atoms with van der Waals surface area (Å²) in [4.78, 5) is 13.6. The van der Waals surface area contributed by atoms with Gasteiger partial charge in [0.2, 0.25) is 0 Å². The van der Waals surface area contributed by atoms with E-state index in [4.69, 9.17) is 9.47 Å². The summed E-state index contributed by atoms with van der Waals surface area (Å²) in [5.74, 6) is 0.768. The van der Waals surface area contributed by atoms with Crippen LogP contribution in [0.1, 0.15) is 20.8 Å². The van der Waals surface area contributed by atoms with E-state index in [1.165, 1.54) is 5.69 Å². The van der Waals surface area contributed by atoms with Crippen molar-refractivity contribution in [3.05, 3.63) is 48.5 Å². The molecule has 0 heterocycles. The average Bonchev–Trinajstić information content (AvgIpc) is 2.58. The maximum atomic E-state index is 11.5. The highest BCUT2D eigenvalue weighted by Crippen LogP contribution is 2.24. The van der Waals surface area contributed by atoms with Crippen LogP contribution in [0.15, 0.2) is 48.5 Å². The molecule has 0 fully saturated rings. The van der Waals surface area contributed by atoms with Gasteiger partial charge in [-0.05, 0) is 56.2 Å². The van der Waals surface area contributed by atoms with Crippen LogP contribution in [0.5, 0.6) is 5.75 Å². The first kappa shape index (κ1) is 19.6. The highest BCUT2D eigenvalue weighted by atomic mass is 16.6. The van der Waals surface area contributed by atoms with Crippen LogP contribution in [0.4, 0.5) is 10.5 Å². The molecule has 0 aromatic heterocycles. The molecule has 2 aromatic carbocycles. The monoisotopic (exact) mass is 356 g/mol. The summed E-state index contributed by atoms with van der Waals surface area (Å²) in [5, 5.41) is 2.67. The molecule has 0 saturated heterocycles. The fourth-order valence-corrected chi connectivity index (χ4v) is 2.33. The Morgan fingerprint density at radius 3 is 2.00 bits per heavy atom. The molecule has 1 amide bonds. The van der Waals surface area contributed by atoms with E-state index in [2.05, 4.69) is 34.5 Å². The summed E-state index contributed by atoms with van der Waals surface area (Å²) < 4.78 is 10.8. The predicted molar refractivity (Wildman–Crippen MR) is 106 cm³/mol. The van der Waals surface area contributed by atoms with Crippen LogP contribution in [0.2, 0.25) is 0 Å². The number of anilines is 1. The molecule has 26 heavy (non-hydrogen) atoms. The number of carbonyl (C=O) groups is 1. The van der Waals surface area contributed by atoms with Crippen molar-refractivity contribution in [2.45, 2.75) is 26.4 Å². The molecular weight excluding hydrogens is 328 g/mol. The summed E-state index contributed by atoms with van der Waals surface area (Å²) in [5.41, 5.74) is 2.97. The standard InChI is InChI=1S/C21H28N2O3/c1-21(2,3)26-20(24)22-14-15-25-19-12-8-17(9-13-19)16-6-10-18(11-7-16)23(4)5/h6-13H,14-15H2,1-5H3,(H,22,24). The number of alkyl carbamates (subject to hydrolysis) is 1. The number of rotatable bonds is 6. The zero-order valence-electron chi connectivity index (χ0n) is 16.2. The molecule has 0 unspecified atom stereocenters. The lowest BCUT2D eigenvalue weighted by atomic mass is 10.1. The SMILES string of the molecule is CN(C)c1ccc(-c2ccc(OCCNC(=O)OC(C)(C)C)cc2)cc1. The molecule has 0 aliphatic heterocycles. The maximum absolute atomic E-state index is 11.5. The van der Waals surface area contributed by atoms with Crippen LogP contribution in [-0.2, 0) is 4.74 Å². The van der Waals surface area contributed by atoms with Gasteiger partial charge in [-0.3, -0.25) is 0 Å². The average molecular weight is 356 g/mol. The minimum atomic E-state index is -0.495. The first-order valence-electron chi connectivity index (χ1n) is 8.72. The molecule has 2 rings (SSSR count). The van der Waals surface area contributed by atoms with Crippen molar-refractivity contribution in [3.8, 4) is 16.9 Å². The van der Waals surface area contributed by atoms with Crippen LogP contribution in [0, 0.1) is 0 Å². The van der Waals surface area contributed by atoms with Gasteiger partial charge in [-0.25, -0.2) is 4.79 Å². The molecule has 0 bridgehead atoms. The van der Waals surface area contributed by atoms with Crippen LogP contribution >= 0.6 is 0 Å². The molecule has 1 N–H and O–H groups in total. The van der Waals surface area contributed by atoms with Crippen molar-refractivity contribution in [3.63, 3.8) is 0 Å². The van der Waals surface area contributed by atoms with Gasteiger partial charge in [-0.15, -0.1) is 0 Å². The van der Waals surface area contributed by atoms with E-state index in [0.29, 0.717) is 13.2 Å². The fraction of sp³-hybridized carbons (Fsp3) is 0.381. The Hall–Kier alpha value is -2.69. The number of hydrogen-bond donors (Lipinski definition) is 1. The molecule has 5 nitrogen and oxygen atoms in total. The second-order valence-corrected chi connectivity index (χ2v) is 7.24. The van der Waals surface area contributed by atoms with Gasteiger partial charge in [0, 0.05) is 19.8 Å². The number of nitrogens with one attached hydrogen (secondary N) is 1. The smallest absolute Gasteiger partial charge is 0.407 e. The first-order chi connectivity index (χ1) is 12.2. The molecule has 0 aliphatic carbocycles. The molecule has 2 aromatic rings. The van der Waals surface area contributed by atoms with Crippen molar-refractivity contribution < 1.29 is 14.3 Å². The van der Waals surface area contributed by atoms with E-state index >= 15 is 0 Å². The predicted octanol–water partition coefficient (Wildman–Crippen LogP) is 4.32. The summed E-state index contributed by atoms with van der Waals surface area (Å²) in [6.45, 7) is 6.27. The van der Waals surface area contributed by atoms with Crippen molar-refractivity contribution in [2.24, 2.45) is 0 Å². The number of carbonyl (C=O) groups excluding carboxylic acids is 1. The summed E-state index contributed by atoms with van der Waals surface area (Å²) in [6, 6.07) is 16.3. The van der Waals surface area contributed by atoms with Crippen molar-refractivity contribution in [2.75, 3.05) is 32.1 Å². The van der Waals surface area contributed by atoms with Crippen LogP contribution in [-0.4, -0.2) is 38.9 Å². The minimum Gasteiger partial charge on any atom is -0.492 e. The van der Waals surface area contributed by atoms with Gasteiger partial charge in [-0.1, -0.05) is 24.3 Å². The second kappa shape index (κ2) is 8.61. The van der Waals surface area contributed by atoms with Crippen LogP contribution in [0.25, 0.3) is 11.1 Å². The lowest BCUT2D eigenvalue weighted by molar-refractivity contribution is 0.0520. The van der Waals surface area contributed by atoms with E-state index in [1.807, 2.05) is 59.1 Å². The van der Waals surface area contributed by atoms with E-state index in [0.717, 1.165) is 16.9 Å². The van der Waals surface area contributed by atoms with Gasteiger partial charge in [0.25, 0.3) is 0 Å². The Morgan fingerprint density at radius 2 is 1.50 bits per heavy atom. The van der Waals surface area contributed by atoms with Gasteiger partial charge in [0.15, 0.2) is 0 Å². The number of benzene rings is 2. The molecule has 0 aliphatic rings. The molecule has 0 saturated carbocycles. The zero-order chi connectivity index (χ0) is 19.2. The van der Waals surface area contributed by atoms with E-state index in [1.54, 1.807) is 0 Å². The van der Waals surface area contributed by atoms with Gasteiger partial charge in [0.1, 0.15) is 18.0 Å². The number of ether oxygens (including phenoxy) is 2. The number of hydrogen-bond acceptors (Lipinski definition) is 4. The van der Waals surface area contributed by atoms with Crippen LogP contribution < -0.4 is 15.0 Å². The third kappa shape index (κ3) is 6.31. The van der Waals surface area contributed by atoms with Gasteiger partial charge in [-0.2, -0.15) is 0 Å². The van der Waals surface area contributed by atoms with Gasteiger partial charge in [0.05, 0.1) is 6.54 Å².